The number of nitrogens with one attached hydrogen (secondary N) is 1. The van der Waals surface area contributed by atoms with E-state index >= 15 is 0 Å². The molecule has 1 heterocycles. The van der Waals surface area contributed by atoms with E-state index in [1.54, 1.807) is 0 Å². The summed E-state index contributed by atoms with van der Waals surface area (Å²) in [5.41, 5.74) is 0. The van der Waals surface area contributed by atoms with Crippen molar-refractivity contribution in [3.8, 4) is 5.88 Å². The Labute approximate surface area is 94.8 Å². The quantitative estimate of drug-likeness (QED) is 0.617. The zero-order chi connectivity index (χ0) is 11.3. The molecule has 1 aromatic rings. The van der Waals surface area contributed by atoms with Gasteiger partial charge < -0.3 is 10.1 Å². The fraction of sp³-hybridized carbons (Fsp3) is 0.600. The van der Waals surface area contributed by atoms with Crippen LogP contribution in [0.2, 0.25) is 0 Å². The van der Waals surface area contributed by atoms with Crippen LogP contribution in [0.25, 0.3) is 0 Å². The van der Waals surface area contributed by atoms with Crippen molar-refractivity contribution in [2.45, 2.75) is 19.0 Å². The Morgan fingerprint density at radius 2 is 2.20 bits per heavy atom. The van der Waals surface area contributed by atoms with Crippen LogP contribution in [0.1, 0.15) is 13.8 Å². The smallest absolute Gasteiger partial charge is 0.219 e. The van der Waals surface area contributed by atoms with Gasteiger partial charge >= 0.3 is 0 Å². The summed E-state index contributed by atoms with van der Waals surface area (Å²) in [6.07, 6.45) is 1.95. The maximum Gasteiger partial charge on any atom is 0.219 e. The van der Waals surface area contributed by atoms with Gasteiger partial charge in [0.25, 0.3) is 0 Å². The zero-order valence-electron chi connectivity index (χ0n) is 9.57. The van der Waals surface area contributed by atoms with Gasteiger partial charge in [-0.3, -0.25) is 0 Å². The van der Waals surface area contributed by atoms with Crippen molar-refractivity contribution >= 4 is 17.6 Å². The highest BCUT2D eigenvalue weighted by Crippen LogP contribution is 2.18. The molecule has 0 aromatic carbocycles. The highest BCUT2D eigenvalue weighted by molar-refractivity contribution is 7.98. The van der Waals surface area contributed by atoms with Gasteiger partial charge in [-0.15, -0.1) is 0 Å². The molecule has 0 radical (unpaired) electrons. The van der Waals surface area contributed by atoms with Crippen LogP contribution in [0.15, 0.2) is 11.2 Å². The van der Waals surface area contributed by atoms with Crippen molar-refractivity contribution < 1.29 is 4.74 Å². The first-order valence-corrected chi connectivity index (χ1v) is 6.11. The van der Waals surface area contributed by atoms with Crippen LogP contribution in [0.5, 0.6) is 5.88 Å². The van der Waals surface area contributed by atoms with Crippen molar-refractivity contribution in [1.29, 1.82) is 0 Å². The first-order chi connectivity index (χ1) is 7.15. The average Bonchev–Trinajstić information content (AvgIpc) is 2.25. The predicted octanol–water partition coefficient (Wildman–Crippen LogP) is 2.28. The zero-order valence-corrected chi connectivity index (χ0v) is 10.4. The molecule has 15 heavy (non-hydrogen) atoms. The summed E-state index contributed by atoms with van der Waals surface area (Å²) in [6, 6.07) is 1.81. The van der Waals surface area contributed by atoms with E-state index in [0.29, 0.717) is 18.4 Å². The third kappa shape index (κ3) is 3.95. The maximum atomic E-state index is 5.55. The second-order valence-corrected chi connectivity index (χ2v) is 4.31. The van der Waals surface area contributed by atoms with Crippen LogP contribution >= 0.6 is 11.8 Å². The molecule has 0 amide bonds. The molecule has 4 nitrogen and oxygen atoms in total. The summed E-state index contributed by atoms with van der Waals surface area (Å²) in [5, 5.41) is 3.71. The molecular formula is C10H17N3OS. The normalized spacial score (nSPS) is 10.5. The molecule has 0 unspecified atom stereocenters. The molecule has 84 valence electrons. The number of thioether (sulfide) groups is 1. The molecule has 1 N–H and O–H groups in total. The van der Waals surface area contributed by atoms with E-state index in [2.05, 4.69) is 29.1 Å². The van der Waals surface area contributed by atoms with Crippen LogP contribution in [0.3, 0.4) is 0 Å². The number of hydrogen-bond acceptors (Lipinski definition) is 5. The van der Waals surface area contributed by atoms with Gasteiger partial charge in [0.15, 0.2) is 5.16 Å². The first kappa shape index (κ1) is 12.1. The van der Waals surface area contributed by atoms with E-state index in [0.717, 1.165) is 11.0 Å². The first-order valence-electron chi connectivity index (χ1n) is 4.89. The molecule has 1 rings (SSSR count). The van der Waals surface area contributed by atoms with Gasteiger partial charge in [-0.25, -0.2) is 4.98 Å². The van der Waals surface area contributed by atoms with Gasteiger partial charge in [0.1, 0.15) is 5.82 Å². The Hall–Kier alpha value is -0.970. The minimum absolute atomic E-state index is 0.496. The fourth-order valence-electron chi connectivity index (χ4n) is 0.949. The van der Waals surface area contributed by atoms with Crippen LogP contribution in [-0.2, 0) is 0 Å². The number of anilines is 1. The molecule has 0 spiro atoms. The summed E-state index contributed by atoms with van der Waals surface area (Å²) >= 11 is 1.50. The van der Waals surface area contributed by atoms with Gasteiger partial charge in [-0.2, -0.15) is 4.98 Å². The number of aromatic nitrogens is 2. The summed E-state index contributed by atoms with van der Waals surface area (Å²) in [7, 11) is 1.83. The predicted molar refractivity (Wildman–Crippen MR) is 63.7 cm³/mol. The molecule has 0 saturated heterocycles. The molecule has 0 aliphatic heterocycles. The van der Waals surface area contributed by atoms with E-state index < -0.39 is 0 Å². The van der Waals surface area contributed by atoms with Crippen molar-refractivity contribution in [1.82, 2.24) is 9.97 Å². The molecule has 0 aliphatic rings. The Balaban J connectivity index is 2.77. The van der Waals surface area contributed by atoms with Gasteiger partial charge in [0.05, 0.1) is 6.61 Å². The Kier molecular flexibility index (Phi) is 4.68. The van der Waals surface area contributed by atoms with E-state index in [1.807, 2.05) is 19.4 Å². The molecule has 1 aromatic heterocycles. The lowest BCUT2D eigenvalue weighted by Crippen LogP contribution is -2.07. The average molecular weight is 227 g/mol. The number of nitrogens with zero attached hydrogens (tertiary/aromatic N) is 2. The van der Waals surface area contributed by atoms with Gasteiger partial charge in [-0.1, -0.05) is 25.6 Å². The van der Waals surface area contributed by atoms with Crippen molar-refractivity contribution in [2.75, 3.05) is 25.2 Å². The third-order valence-corrected chi connectivity index (χ3v) is 2.23. The summed E-state index contributed by atoms with van der Waals surface area (Å²) in [4.78, 5) is 8.52. The van der Waals surface area contributed by atoms with Crippen LogP contribution in [0, 0.1) is 5.92 Å². The minimum Gasteiger partial charge on any atom is -0.477 e. The number of rotatable bonds is 5. The third-order valence-electron chi connectivity index (χ3n) is 1.69. The lowest BCUT2D eigenvalue weighted by Gasteiger charge is -2.09. The Bertz CT molecular complexity index is 295. The molecule has 0 saturated carbocycles. The highest BCUT2D eigenvalue weighted by Gasteiger charge is 2.04. The molecule has 0 fully saturated rings. The van der Waals surface area contributed by atoms with E-state index in [9.17, 15) is 0 Å². The SMILES string of the molecule is CNc1cc(OCC(C)C)nc(SC)n1. The molecule has 0 bridgehead atoms. The Morgan fingerprint density at radius 1 is 1.47 bits per heavy atom. The van der Waals surface area contributed by atoms with E-state index in [4.69, 9.17) is 4.74 Å². The standard InChI is InChI=1S/C10H17N3OS/c1-7(2)6-14-9-5-8(11-3)12-10(13-9)15-4/h5,7H,6H2,1-4H3,(H,11,12,13). The van der Waals surface area contributed by atoms with E-state index in [1.165, 1.54) is 11.8 Å². The second-order valence-electron chi connectivity index (χ2n) is 3.53. The lowest BCUT2D eigenvalue weighted by atomic mass is 10.2. The maximum absolute atomic E-state index is 5.55. The molecule has 5 heteroatoms. The largest absolute Gasteiger partial charge is 0.477 e. The van der Waals surface area contributed by atoms with Crippen LogP contribution in [-0.4, -0.2) is 29.9 Å². The van der Waals surface area contributed by atoms with E-state index in [-0.39, 0.29) is 0 Å². The van der Waals surface area contributed by atoms with Crippen LogP contribution < -0.4 is 10.1 Å². The van der Waals surface area contributed by atoms with Crippen molar-refractivity contribution in [2.24, 2.45) is 5.92 Å². The monoisotopic (exact) mass is 227 g/mol. The molecular weight excluding hydrogens is 210 g/mol. The van der Waals surface area contributed by atoms with Crippen molar-refractivity contribution in [3.63, 3.8) is 0 Å². The topological polar surface area (TPSA) is 47.0 Å². The summed E-state index contributed by atoms with van der Waals surface area (Å²) in [6.45, 7) is 4.89. The Morgan fingerprint density at radius 3 is 2.73 bits per heavy atom. The van der Waals surface area contributed by atoms with Crippen molar-refractivity contribution in [3.05, 3.63) is 6.07 Å². The summed E-state index contributed by atoms with van der Waals surface area (Å²) in [5.74, 6) is 1.91. The van der Waals surface area contributed by atoms with Gasteiger partial charge in [0, 0.05) is 13.1 Å². The van der Waals surface area contributed by atoms with Gasteiger partial charge in [0.2, 0.25) is 5.88 Å². The lowest BCUT2D eigenvalue weighted by molar-refractivity contribution is 0.259. The minimum atomic E-state index is 0.496. The summed E-state index contributed by atoms with van der Waals surface area (Å²) < 4.78 is 5.55. The molecule has 0 aliphatic carbocycles. The molecule has 0 atom stereocenters. The number of hydrogen-bond donors (Lipinski definition) is 1. The van der Waals surface area contributed by atoms with Gasteiger partial charge in [-0.05, 0) is 12.2 Å². The van der Waals surface area contributed by atoms with Crippen LogP contribution in [0.4, 0.5) is 5.82 Å². The second kappa shape index (κ2) is 5.80. The fourth-order valence-corrected chi connectivity index (χ4v) is 1.32. The highest BCUT2D eigenvalue weighted by atomic mass is 32.2. The number of ether oxygens (including phenoxy) is 1.